The number of sulfone groups is 1. The van der Waals surface area contributed by atoms with Gasteiger partial charge in [0.1, 0.15) is 12.1 Å². The minimum absolute atomic E-state index is 0.113. The summed E-state index contributed by atoms with van der Waals surface area (Å²) in [5.41, 5.74) is 2.03. The van der Waals surface area contributed by atoms with Gasteiger partial charge in [-0.25, -0.2) is 18.4 Å². The average Bonchev–Trinajstić information content (AvgIpc) is 2.94. The van der Waals surface area contributed by atoms with Crippen molar-refractivity contribution in [2.75, 3.05) is 62.0 Å². The molecule has 2 aromatic carbocycles. The van der Waals surface area contributed by atoms with Crippen LogP contribution in [0.1, 0.15) is 27.7 Å². The van der Waals surface area contributed by atoms with Crippen molar-refractivity contribution in [1.29, 1.82) is 0 Å². The summed E-state index contributed by atoms with van der Waals surface area (Å²) in [6.45, 7) is 12.1. The summed E-state index contributed by atoms with van der Waals surface area (Å²) < 4.78 is 31.3. The first-order valence-electron chi connectivity index (χ1n) is 13.3. The number of nitrogens with one attached hydrogen (secondary N) is 2. The highest BCUT2D eigenvalue weighted by Gasteiger charge is 2.25. The summed E-state index contributed by atoms with van der Waals surface area (Å²) in [5, 5.41) is 15.2. The lowest BCUT2D eigenvalue weighted by Crippen LogP contribution is -2.49. The number of methoxy groups -OCH3 is 1. The van der Waals surface area contributed by atoms with Crippen LogP contribution in [0.5, 0.6) is 5.75 Å². The third kappa shape index (κ3) is 6.98. The Morgan fingerprint density at radius 2 is 1.65 bits per heavy atom. The van der Waals surface area contributed by atoms with Crippen molar-refractivity contribution in [3.63, 3.8) is 0 Å². The molecule has 0 amide bonds. The molecular weight excluding hydrogens is 530 g/mol. The molecule has 0 aliphatic carbocycles. The highest BCUT2D eigenvalue weighted by atomic mass is 32.2. The molecule has 12 heteroatoms. The fraction of sp³-hybridized carbons (Fsp3) is 0.464. The summed E-state index contributed by atoms with van der Waals surface area (Å²) in [6.07, 6.45) is 1.36. The first kappa shape index (κ1) is 29.5. The predicted molar refractivity (Wildman–Crippen MR) is 158 cm³/mol. The Balaban J connectivity index is 1.46. The molecule has 0 spiro atoms. The van der Waals surface area contributed by atoms with Gasteiger partial charge >= 0.3 is 0 Å². The first-order chi connectivity index (χ1) is 19.0. The van der Waals surface area contributed by atoms with E-state index in [2.05, 4.69) is 49.2 Å². The van der Waals surface area contributed by atoms with E-state index in [9.17, 15) is 13.5 Å². The molecule has 1 saturated heterocycles. The molecule has 1 aliphatic rings. The smallest absolute Gasteiger partial charge is 0.232 e. The zero-order valence-corrected chi connectivity index (χ0v) is 24.6. The lowest BCUT2D eigenvalue weighted by Gasteiger charge is -2.39. The molecule has 2 heterocycles. The normalized spacial score (nSPS) is 14.8. The van der Waals surface area contributed by atoms with Gasteiger partial charge in [0.05, 0.1) is 28.6 Å². The van der Waals surface area contributed by atoms with E-state index in [1.54, 1.807) is 45.2 Å². The van der Waals surface area contributed by atoms with Gasteiger partial charge in [0.15, 0.2) is 9.84 Å². The molecule has 1 aliphatic heterocycles. The Bertz CT molecular complexity index is 1410. The van der Waals surface area contributed by atoms with Crippen molar-refractivity contribution in [2.45, 2.75) is 37.8 Å². The lowest BCUT2D eigenvalue weighted by molar-refractivity contribution is 0.0996. The minimum atomic E-state index is -3.50. The molecule has 11 nitrogen and oxygen atoms in total. The Hall–Kier alpha value is -3.48. The molecule has 4 rings (SSSR count). The summed E-state index contributed by atoms with van der Waals surface area (Å²) in [5.74, 6) is 1.14. The van der Waals surface area contributed by atoms with E-state index in [1.807, 2.05) is 18.2 Å². The molecule has 1 aromatic heterocycles. The molecule has 0 atom stereocenters. The Kier molecular flexibility index (Phi) is 9.12. The number of ether oxygens (including phenoxy) is 1. The maximum Gasteiger partial charge on any atom is 0.232 e. The van der Waals surface area contributed by atoms with Crippen molar-refractivity contribution in [3.05, 3.63) is 48.8 Å². The molecule has 216 valence electrons. The number of piperazine rings is 1. The van der Waals surface area contributed by atoms with Crippen LogP contribution < -0.4 is 20.3 Å². The first-order valence-corrected chi connectivity index (χ1v) is 14.9. The van der Waals surface area contributed by atoms with Gasteiger partial charge in [-0.3, -0.25) is 4.90 Å². The van der Waals surface area contributed by atoms with Gasteiger partial charge in [-0.2, -0.15) is 4.98 Å². The van der Waals surface area contributed by atoms with Gasteiger partial charge in [0, 0.05) is 56.5 Å². The zero-order valence-electron chi connectivity index (χ0n) is 23.8. The van der Waals surface area contributed by atoms with E-state index in [-0.39, 0.29) is 28.8 Å². The van der Waals surface area contributed by atoms with Crippen LogP contribution in [-0.2, 0) is 9.84 Å². The molecule has 0 radical (unpaired) electrons. The standard InChI is InChI=1S/C28H39N7O4S/c1-20(2)40(37,38)25-9-7-6-8-23(25)32-27-30-19-29-26(33-27)31-22-11-10-21(16-24(22)39-5)35-14-12-34(13-15-35)17-28(3,4)18-36/h6-11,16,19-20,36H,12-15,17-18H2,1-5H3,(H2,29,30,31,32,33). The number of benzene rings is 2. The van der Waals surface area contributed by atoms with E-state index in [4.69, 9.17) is 4.74 Å². The van der Waals surface area contributed by atoms with E-state index in [0.29, 0.717) is 17.1 Å². The summed E-state index contributed by atoms with van der Waals surface area (Å²) >= 11 is 0. The monoisotopic (exact) mass is 569 g/mol. The van der Waals surface area contributed by atoms with E-state index in [0.717, 1.165) is 38.4 Å². The number of aliphatic hydroxyl groups is 1. The van der Waals surface area contributed by atoms with Crippen LogP contribution in [0.3, 0.4) is 0 Å². The molecule has 0 unspecified atom stereocenters. The van der Waals surface area contributed by atoms with Crippen LogP contribution in [0.25, 0.3) is 0 Å². The number of aromatic nitrogens is 3. The molecule has 3 aromatic rings. The Morgan fingerprint density at radius 3 is 2.27 bits per heavy atom. The fourth-order valence-electron chi connectivity index (χ4n) is 4.53. The fourth-order valence-corrected chi connectivity index (χ4v) is 5.73. The maximum atomic E-state index is 12.8. The number of nitrogens with zero attached hydrogens (tertiary/aromatic N) is 5. The van der Waals surface area contributed by atoms with Crippen LogP contribution in [0.4, 0.5) is 29.0 Å². The third-order valence-electron chi connectivity index (χ3n) is 6.88. The number of para-hydroxylation sites is 1. The van der Waals surface area contributed by atoms with Crippen molar-refractivity contribution >= 4 is 38.8 Å². The van der Waals surface area contributed by atoms with Crippen molar-refractivity contribution in [3.8, 4) is 5.75 Å². The second kappa shape index (κ2) is 12.4. The average molecular weight is 570 g/mol. The molecule has 0 saturated carbocycles. The molecule has 0 bridgehead atoms. The second-order valence-corrected chi connectivity index (χ2v) is 13.4. The highest BCUT2D eigenvalue weighted by Crippen LogP contribution is 2.32. The summed E-state index contributed by atoms with van der Waals surface area (Å²) in [4.78, 5) is 17.7. The molecule has 3 N–H and O–H groups in total. The minimum Gasteiger partial charge on any atom is -0.494 e. The van der Waals surface area contributed by atoms with Crippen molar-refractivity contribution in [1.82, 2.24) is 19.9 Å². The van der Waals surface area contributed by atoms with Crippen LogP contribution in [0.2, 0.25) is 0 Å². The van der Waals surface area contributed by atoms with Crippen LogP contribution >= 0.6 is 0 Å². The van der Waals surface area contributed by atoms with Gasteiger partial charge in [-0.1, -0.05) is 26.0 Å². The molecule has 40 heavy (non-hydrogen) atoms. The van der Waals surface area contributed by atoms with Crippen LogP contribution in [0, 0.1) is 5.41 Å². The van der Waals surface area contributed by atoms with Gasteiger partial charge < -0.3 is 25.4 Å². The summed E-state index contributed by atoms with van der Waals surface area (Å²) in [6, 6.07) is 12.6. The topological polar surface area (TPSA) is 133 Å². The largest absolute Gasteiger partial charge is 0.494 e. The number of hydrogen-bond donors (Lipinski definition) is 3. The Morgan fingerprint density at radius 1 is 1.00 bits per heavy atom. The second-order valence-electron chi connectivity index (χ2n) is 10.9. The van der Waals surface area contributed by atoms with Gasteiger partial charge in [-0.05, 0) is 38.1 Å². The lowest BCUT2D eigenvalue weighted by atomic mass is 9.94. The number of hydrogen-bond acceptors (Lipinski definition) is 11. The maximum absolute atomic E-state index is 12.8. The summed E-state index contributed by atoms with van der Waals surface area (Å²) in [7, 11) is -1.89. The zero-order chi connectivity index (χ0) is 28.9. The van der Waals surface area contributed by atoms with E-state index >= 15 is 0 Å². The quantitative estimate of drug-likeness (QED) is 0.312. The van der Waals surface area contributed by atoms with Gasteiger partial charge in [0.2, 0.25) is 11.9 Å². The van der Waals surface area contributed by atoms with Crippen molar-refractivity contribution in [2.24, 2.45) is 5.41 Å². The number of anilines is 5. The highest BCUT2D eigenvalue weighted by molar-refractivity contribution is 7.92. The molecular formula is C28H39N7O4S. The van der Waals surface area contributed by atoms with Crippen LogP contribution in [-0.4, -0.2) is 85.1 Å². The third-order valence-corrected chi connectivity index (χ3v) is 9.09. The molecule has 1 fully saturated rings. The van der Waals surface area contributed by atoms with E-state index < -0.39 is 15.1 Å². The predicted octanol–water partition coefficient (Wildman–Crippen LogP) is 3.69. The number of aliphatic hydroxyl groups excluding tert-OH is 1. The van der Waals surface area contributed by atoms with E-state index in [1.165, 1.54) is 6.33 Å². The van der Waals surface area contributed by atoms with Gasteiger partial charge in [-0.15, -0.1) is 0 Å². The van der Waals surface area contributed by atoms with Crippen LogP contribution in [0.15, 0.2) is 53.7 Å². The van der Waals surface area contributed by atoms with Crippen molar-refractivity contribution < 1.29 is 18.3 Å². The SMILES string of the molecule is COc1cc(N2CCN(CC(C)(C)CO)CC2)ccc1Nc1ncnc(Nc2ccccc2S(=O)(=O)C(C)C)n1. The Labute approximate surface area is 236 Å². The van der Waals surface area contributed by atoms with Gasteiger partial charge in [0.25, 0.3) is 0 Å². The number of rotatable bonds is 11.